The first-order valence-corrected chi connectivity index (χ1v) is 7.14. The number of nitrogens with one attached hydrogen (secondary N) is 1. The van der Waals surface area contributed by atoms with Gasteiger partial charge in [-0.1, -0.05) is 52.8 Å². The predicted octanol–water partition coefficient (Wildman–Crippen LogP) is 3.57. The van der Waals surface area contributed by atoms with Crippen molar-refractivity contribution in [2.24, 2.45) is 5.92 Å². The van der Waals surface area contributed by atoms with Crippen LogP contribution in [-0.4, -0.2) is 18.2 Å². The molecular formula is C17H29NO. The van der Waals surface area contributed by atoms with Gasteiger partial charge in [0.15, 0.2) is 0 Å². The van der Waals surface area contributed by atoms with Crippen LogP contribution in [0.25, 0.3) is 0 Å². The van der Waals surface area contributed by atoms with Crippen molar-refractivity contribution in [3.8, 4) is 0 Å². The smallest absolute Gasteiger partial charge is 0.0948 e. The van der Waals surface area contributed by atoms with Crippen molar-refractivity contribution in [1.29, 1.82) is 0 Å². The first-order chi connectivity index (χ1) is 8.68. The van der Waals surface area contributed by atoms with E-state index in [0.717, 1.165) is 11.1 Å². The third-order valence-electron chi connectivity index (χ3n) is 3.86. The quantitative estimate of drug-likeness (QED) is 0.870. The second-order valence-corrected chi connectivity index (χ2v) is 6.82. The van der Waals surface area contributed by atoms with Crippen LogP contribution in [0.15, 0.2) is 18.2 Å². The van der Waals surface area contributed by atoms with Crippen LogP contribution in [0.1, 0.15) is 57.4 Å². The second kappa shape index (κ2) is 6.06. The molecule has 2 nitrogen and oxygen atoms in total. The Bertz CT molecular complexity index is 418. The number of likely N-dealkylation sites (N-methyl/N-ethyl adjacent to an activating group) is 1. The van der Waals surface area contributed by atoms with Crippen LogP contribution in [-0.2, 0) is 5.41 Å². The van der Waals surface area contributed by atoms with E-state index in [-0.39, 0.29) is 11.5 Å². The highest BCUT2D eigenvalue weighted by Gasteiger charge is 2.25. The van der Waals surface area contributed by atoms with Gasteiger partial charge in [0.05, 0.1) is 6.10 Å². The van der Waals surface area contributed by atoms with Gasteiger partial charge in [-0.2, -0.15) is 0 Å². The molecule has 2 atom stereocenters. The Morgan fingerprint density at radius 1 is 1.16 bits per heavy atom. The molecule has 0 aliphatic carbocycles. The van der Waals surface area contributed by atoms with Gasteiger partial charge in [-0.3, -0.25) is 0 Å². The number of benzene rings is 1. The summed E-state index contributed by atoms with van der Waals surface area (Å²) in [4.78, 5) is 0. The van der Waals surface area contributed by atoms with E-state index in [1.54, 1.807) is 0 Å². The van der Waals surface area contributed by atoms with E-state index < -0.39 is 6.10 Å². The van der Waals surface area contributed by atoms with Crippen molar-refractivity contribution < 1.29 is 5.11 Å². The number of aliphatic hydroxyl groups excluding tert-OH is 1. The minimum atomic E-state index is -0.465. The average Bonchev–Trinajstić information content (AvgIpc) is 2.28. The van der Waals surface area contributed by atoms with E-state index in [0.29, 0.717) is 5.92 Å². The normalized spacial score (nSPS) is 15.6. The maximum Gasteiger partial charge on any atom is 0.0948 e. The molecule has 0 spiro atoms. The molecule has 0 heterocycles. The lowest BCUT2D eigenvalue weighted by molar-refractivity contribution is 0.109. The van der Waals surface area contributed by atoms with Crippen LogP contribution in [0.5, 0.6) is 0 Å². The molecule has 0 fully saturated rings. The lowest BCUT2D eigenvalue weighted by Gasteiger charge is -2.29. The van der Waals surface area contributed by atoms with E-state index in [4.69, 9.17) is 0 Å². The summed E-state index contributed by atoms with van der Waals surface area (Å²) in [7, 11) is 1.91. The SMILES string of the molecule is CNC(C(C)C)C(O)c1cc(C(C)(C)C)ccc1C. The highest BCUT2D eigenvalue weighted by Crippen LogP contribution is 2.30. The van der Waals surface area contributed by atoms with E-state index >= 15 is 0 Å². The molecule has 1 aromatic rings. The lowest BCUT2D eigenvalue weighted by atomic mass is 9.83. The molecular weight excluding hydrogens is 234 g/mol. The maximum absolute atomic E-state index is 10.7. The van der Waals surface area contributed by atoms with Gasteiger partial charge in [0, 0.05) is 6.04 Å². The van der Waals surface area contributed by atoms with Crippen molar-refractivity contribution in [1.82, 2.24) is 5.32 Å². The van der Waals surface area contributed by atoms with Crippen molar-refractivity contribution in [3.63, 3.8) is 0 Å². The summed E-state index contributed by atoms with van der Waals surface area (Å²) in [6.45, 7) is 12.9. The monoisotopic (exact) mass is 263 g/mol. The number of aryl methyl sites for hydroxylation is 1. The molecule has 0 radical (unpaired) electrons. The number of hydrogen-bond acceptors (Lipinski definition) is 2. The van der Waals surface area contributed by atoms with Gasteiger partial charge in [0.1, 0.15) is 0 Å². The van der Waals surface area contributed by atoms with Gasteiger partial charge < -0.3 is 10.4 Å². The molecule has 2 heteroatoms. The number of rotatable bonds is 4. The summed E-state index contributed by atoms with van der Waals surface area (Å²) in [5, 5.41) is 13.9. The fourth-order valence-corrected chi connectivity index (χ4v) is 2.47. The summed E-state index contributed by atoms with van der Waals surface area (Å²) >= 11 is 0. The molecule has 0 saturated heterocycles. The first-order valence-electron chi connectivity index (χ1n) is 7.14. The molecule has 1 aromatic carbocycles. The average molecular weight is 263 g/mol. The Hall–Kier alpha value is -0.860. The Balaban J connectivity index is 3.18. The third kappa shape index (κ3) is 3.80. The van der Waals surface area contributed by atoms with Crippen LogP contribution >= 0.6 is 0 Å². The molecule has 0 aliphatic rings. The number of aliphatic hydroxyl groups is 1. The summed E-state index contributed by atoms with van der Waals surface area (Å²) in [6, 6.07) is 6.52. The van der Waals surface area contributed by atoms with Crippen LogP contribution in [0.2, 0.25) is 0 Å². The maximum atomic E-state index is 10.7. The first kappa shape index (κ1) is 16.2. The Labute approximate surface area is 118 Å². The summed E-state index contributed by atoms with van der Waals surface area (Å²) < 4.78 is 0. The minimum absolute atomic E-state index is 0.0777. The third-order valence-corrected chi connectivity index (χ3v) is 3.86. The van der Waals surface area contributed by atoms with Gasteiger partial charge in [0.2, 0.25) is 0 Å². The standard InChI is InChI=1S/C17H29NO/c1-11(2)15(18-7)16(19)14-10-13(17(4,5)6)9-8-12(14)3/h8-11,15-16,18-19H,1-7H3. The van der Waals surface area contributed by atoms with Crippen molar-refractivity contribution in [2.45, 2.75) is 59.1 Å². The van der Waals surface area contributed by atoms with Crippen LogP contribution in [0, 0.1) is 12.8 Å². The molecule has 2 unspecified atom stereocenters. The topological polar surface area (TPSA) is 32.3 Å². The zero-order valence-electron chi connectivity index (χ0n) is 13.4. The minimum Gasteiger partial charge on any atom is -0.387 e. The molecule has 0 saturated carbocycles. The van der Waals surface area contributed by atoms with Crippen LogP contribution in [0.3, 0.4) is 0 Å². The molecule has 0 amide bonds. The second-order valence-electron chi connectivity index (χ2n) is 6.82. The lowest BCUT2D eigenvalue weighted by Crippen LogP contribution is -2.37. The Kier molecular flexibility index (Phi) is 5.17. The molecule has 0 aliphatic heterocycles. The van der Waals surface area contributed by atoms with Gasteiger partial charge in [-0.15, -0.1) is 0 Å². The van der Waals surface area contributed by atoms with Crippen LogP contribution < -0.4 is 5.32 Å². The van der Waals surface area contributed by atoms with Crippen molar-refractivity contribution in [3.05, 3.63) is 34.9 Å². The van der Waals surface area contributed by atoms with Gasteiger partial charge in [-0.05, 0) is 42.0 Å². The Morgan fingerprint density at radius 3 is 2.16 bits per heavy atom. The summed E-state index contributed by atoms with van der Waals surface area (Å²) in [6.07, 6.45) is -0.465. The van der Waals surface area contributed by atoms with Gasteiger partial charge >= 0.3 is 0 Å². The molecule has 0 aromatic heterocycles. The summed E-state index contributed by atoms with van der Waals surface area (Å²) in [5.74, 6) is 0.387. The molecule has 19 heavy (non-hydrogen) atoms. The van der Waals surface area contributed by atoms with Crippen molar-refractivity contribution in [2.75, 3.05) is 7.05 Å². The zero-order chi connectivity index (χ0) is 14.8. The summed E-state index contributed by atoms with van der Waals surface area (Å²) in [5.41, 5.74) is 3.57. The highest BCUT2D eigenvalue weighted by atomic mass is 16.3. The van der Waals surface area contributed by atoms with E-state index in [1.165, 1.54) is 5.56 Å². The van der Waals surface area contributed by atoms with Crippen molar-refractivity contribution >= 4 is 0 Å². The van der Waals surface area contributed by atoms with E-state index in [9.17, 15) is 5.11 Å². The van der Waals surface area contributed by atoms with Crippen LogP contribution in [0.4, 0.5) is 0 Å². The fourth-order valence-electron chi connectivity index (χ4n) is 2.47. The molecule has 2 N–H and O–H groups in total. The van der Waals surface area contributed by atoms with E-state index in [2.05, 4.69) is 65.1 Å². The zero-order valence-corrected chi connectivity index (χ0v) is 13.4. The van der Waals surface area contributed by atoms with Gasteiger partial charge in [0.25, 0.3) is 0 Å². The number of hydrogen-bond donors (Lipinski definition) is 2. The van der Waals surface area contributed by atoms with Gasteiger partial charge in [-0.25, -0.2) is 0 Å². The highest BCUT2D eigenvalue weighted by molar-refractivity contribution is 5.36. The molecule has 108 valence electrons. The molecule has 0 bridgehead atoms. The predicted molar refractivity (Wildman–Crippen MR) is 82.5 cm³/mol. The Morgan fingerprint density at radius 2 is 1.74 bits per heavy atom. The fraction of sp³-hybridized carbons (Fsp3) is 0.647. The molecule has 1 rings (SSSR count). The largest absolute Gasteiger partial charge is 0.387 e. The van der Waals surface area contributed by atoms with E-state index in [1.807, 2.05) is 7.05 Å².